The van der Waals surface area contributed by atoms with E-state index in [-0.39, 0.29) is 0 Å². The van der Waals surface area contributed by atoms with Gasteiger partial charge in [-0.25, -0.2) is 0 Å². The summed E-state index contributed by atoms with van der Waals surface area (Å²) < 4.78 is 5.22. The monoisotopic (exact) mass is 442 g/mol. The van der Waals surface area contributed by atoms with Gasteiger partial charge in [0.1, 0.15) is 5.75 Å². The topological polar surface area (TPSA) is 61.8 Å². The highest BCUT2D eigenvalue weighted by molar-refractivity contribution is 5.90. The Bertz CT molecular complexity index is 1040. The lowest BCUT2D eigenvalue weighted by Gasteiger charge is -2.30. The minimum absolute atomic E-state index is 0.415. The van der Waals surface area contributed by atoms with Gasteiger partial charge in [0.05, 0.1) is 7.11 Å². The number of carbonyl (C=O) groups excluding carboxylic acids is 1. The highest BCUT2D eigenvalue weighted by Crippen LogP contribution is 2.30. The number of hydrogen-bond acceptors (Lipinski definition) is 4. The molecule has 0 aliphatic carbocycles. The number of carbonyl (C=O) groups is 1. The molecule has 0 fully saturated rings. The first-order valence-electron chi connectivity index (χ1n) is 11.2. The van der Waals surface area contributed by atoms with Crippen molar-refractivity contribution >= 4 is 5.91 Å². The molecule has 0 bridgehead atoms. The molecule has 0 atom stereocenters. The molecule has 0 unspecified atom stereocenters. The van der Waals surface area contributed by atoms with Crippen LogP contribution in [0.5, 0.6) is 5.75 Å². The van der Waals surface area contributed by atoms with Gasteiger partial charge in [0.15, 0.2) is 5.60 Å². The molecule has 33 heavy (non-hydrogen) atoms. The van der Waals surface area contributed by atoms with Crippen molar-refractivity contribution in [2.45, 2.75) is 18.6 Å². The number of hydrogen-bond donors (Lipinski definition) is 2. The zero-order valence-corrected chi connectivity index (χ0v) is 18.9. The van der Waals surface area contributed by atoms with Gasteiger partial charge >= 0.3 is 0 Å². The van der Waals surface area contributed by atoms with E-state index in [0.29, 0.717) is 17.7 Å². The van der Waals surface area contributed by atoms with Crippen molar-refractivity contribution < 1.29 is 14.6 Å². The lowest BCUT2D eigenvalue weighted by atomic mass is 9.85. The summed E-state index contributed by atoms with van der Waals surface area (Å²) in [6.07, 6.45) is 3.06. The van der Waals surface area contributed by atoms with Crippen LogP contribution in [-0.4, -0.2) is 42.7 Å². The molecule has 0 aromatic heterocycles. The minimum atomic E-state index is -1.74. The molecule has 0 saturated carbocycles. The quantitative estimate of drug-likeness (QED) is 0.520. The van der Waals surface area contributed by atoms with Crippen molar-refractivity contribution in [3.05, 3.63) is 113 Å². The summed E-state index contributed by atoms with van der Waals surface area (Å²) in [5.74, 6) is 0.447. The second-order valence-corrected chi connectivity index (χ2v) is 8.32. The van der Waals surface area contributed by atoms with Crippen molar-refractivity contribution in [1.29, 1.82) is 0 Å². The molecule has 170 valence electrons. The SMILES string of the molecule is COc1ccc(CN2CC=C(CNC(=O)C(O)(c3ccccc3)c3ccccc3)CC2)cc1. The summed E-state index contributed by atoms with van der Waals surface area (Å²) in [5, 5.41) is 14.5. The van der Waals surface area contributed by atoms with E-state index in [9.17, 15) is 9.90 Å². The lowest BCUT2D eigenvalue weighted by Crippen LogP contribution is -2.46. The summed E-state index contributed by atoms with van der Waals surface area (Å²) in [6.45, 7) is 3.06. The molecular formula is C28H30N2O3. The van der Waals surface area contributed by atoms with Crippen LogP contribution in [-0.2, 0) is 16.9 Å². The Kier molecular flexibility index (Phi) is 7.23. The molecule has 3 aromatic rings. The summed E-state index contributed by atoms with van der Waals surface area (Å²) in [5.41, 5.74) is 1.79. The first kappa shape index (κ1) is 22.8. The van der Waals surface area contributed by atoms with Gasteiger partial charge in [0.25, 0.3) is 5.91 Å². The minimum Gasteiger partial charge on any atom is -0.497 e. The summed E-state index contributed by atoms with van der Waals surface area (Å²) in [4.78, 5) is 15.6. The van der Waals surface area contributed by atoms with Crippen molar-refractivity contribution in [2.75, 3.05) is 26.7 Å². The Morgan fingerprint density at radius 3 is 2.09 bits per heavy atom. The van der Waals surface area contributed by atoms with Crippen molar-refractivity contribution in [3.63, 3.8) is 0 Å². The fraction of sp³-hybridized carbons (Fsp3) is 0.250. The molecule has 1 amide bonds. The molecular weight excluding hydrogens is 412 g/mol. The number of benzene rings is 3. The van der Waals surface area contributed by atoms with E-state index in [0.717, 1.165) is 31.8 Å². The molecule has 0 saturated heterocycles. The average Bonchev–Trinajstić information content (AvgIpc) is 2.89. The number of rotatable bonds is 8. The van der Waals surface area contributed by atoms with Crippen LogP contribution in [0.4, 0.5) is 0 Å². The third-order valence-electron chi connectivity index (χ3n) is 6.14. The van der Waals surface area contributed by atoms with Gasteiger partial charge in [-0.15, -0.1) is 0 Å². The van der Waals surface area contributed by atoms with E-state index in [1.807, 2.05) is 48.5 Å². The second kappa shape index (κ2) is 10.5. The van der Waals surface area contributed by atoms with E-state index in [1.54, 1.807) is 31.4 Å². The highest BCUT2D eigenvalue weighted by Gasteiger charge is 2.39. The summed E-state index contributed by atoms with van der Waals surface area (Å²) in [6, 6.07) is 26.3. The first-order valence-corrected chi connectivity index (χ1v) is 11.2. The van der Waals surface area contributed by atoms with Crippen LogP contribution in [0.1, 0.15) is 23.1 Å². The van der Waals surface area contributed by atoms with E-state index in [2.05, 4.69) is 28.4 Å². The molecule has 1 heterocycles. The van der Waals surface area contributed by atoms with E-state index in [4.69, 9.17) is 4.74 Å². The number of methoxy groups -OCH3 is 1. The zero-order valence-electron chi connectivity index (χ0n) is 18.9. The van der Waals surface area contributed by atoms with Crippen molar-refractivity contribution in [1.82, 2.24) is 10.2 Å². The molecule has 4 rings (SSSR count). The summed E-state index contributed by atoms with van der Waals surface area (Å²) >= 11 is 0. The fourth-order valence-corrected chi connectivity index (χ4v) is 4.16. The number of nitrogens with zero attached hydrogens (tertiary/aromatic N) is 1. The molecule has 0 spiro atoms. The van der Waals surface area contributed by atoms with Gasteiger partial charge in [-0.3, -0.25) is 9.69 Å². The molecule has 2 N–H and O–H groups in total. The van der Waals surface area contributed by atoms with Gasteiger partial charge in [-0.2, -0.15) is 0 Å². The maximum Gasteiger partial charge on any atom is 0.261 e. The van der Waals surface area contributed by atoms with Gasteiger partial charge in [0, 0.05) is 26.2 Å². The van der Waals surface area contributed by atoms with Crippen molar-refractivity contribution in [2.24, 2.45) is 0 Å². The average molecular weight is 443 g/mol. The maximum atomic E-state index is 13.3. The number of aliphatic hydroxyl groups is 1. The number of nitrogens with one attached hydrogen (secondary N) is 1. The lowest BCUT2D eigenvalue weighted by molar-refractivity contribution is -0.136. The Morgan fingerprint density at radius 1 is 0.970 bits per heavy atom. The van der Waals surface area contributed by atoms with Crippen LogP contribution < -0.4 is 10.1 Å². The Balaban J connectivity index is 1.39. The van der Waals surface area contributed by atoms with E-state index in [1.165, 1.54) is 11.1 Å². The second-order valence-electron chi connectivity index (χ2n) is 8.32. The third-order valence-corrected chi connectivity index (χ3v) is 6.14. The molecule has 5 heteroatoms. The zero-order chi connectivity index (χ0) is 23.1. The highest BCUT2D eigenvalue weighted by atomic mass is 16.5. The number of ether oxygens (including phenoxy) is 1. The van der Waals surface area contributed by atoms with E-state index < -0.39 is 11.5 Å². The van der Waals surface area contributed by atoms with E-state index >= 15 is 0 Å². The number of amides is 1. The maximum absolute atomic E-state index is 13.3. The Hall–Kier alpha value is -3.41. The van der Waals surface area contributed by atoms with Gasteiger partial charge in [-0.1, -0.05) is 84.4 Å². The molecule has 0 radical (unpaired) electrons. The molecule has 3 aromatic carbocycles. The molecule has 1 aliphatic heterocycles. The van der Waals surface area contributed by atoms with Gasteiger partial charge in [-0.05, 0) is 35.2 Å². The van der Waals surface area contributed by atoms with Crippen LogP contribution in [0.15, 0.2) is 96.6 Å². The van der Waals surface area contributed by atoms with Crippen molar-refractivity contribution in [3.8, 4) is 5.75 Å². The third kappa shape index (κ3) is 5.33. The molecule has 5 nitrogen and oxygen atoms in total. The largest absolute Gasteiger partial charge is 0.497 e. The molecule has 1 aliphatic rings. The fourth-order valence-electron chi connectivity index (χ4n) is 4.16. The predicted molar refractivity (Wildman–Crippen MR) is 130 cm³/mol. The van der Waals surface area contributed by atoms with Crippen LogP contribution in [0, 0.1) is 0 Å². The van der Waals surface area contributed by atoms with Crippen LogP contribution in [0.2, 0.25) is 0 Å². The van der Waals surface area contributed by atoms with Gasteiger partial charge < -0.3 is 15.2 Å². The normalized spacial score (nSPS) is 14.4. The summed E-state index contributed by atoms with van der Waals surface area (Å²) in [7, 11) is 1.67. The predicted octanol–water partition coefficient (Wildman–Crippen LogP) is 3.88. The smallest absolute Gasteiger partial charge is 0.261 e. The Morgan fingerprint density at radius 2 is 1.58 bits per heavy atom. The van der Waals surface area contributed by atoms with Crippen LogP contribution in [0.3, 0.4) is 0 Å². The Labute approximate surface area is 195 Å². The van der Waals surface area contributed by atoms with Crippen LogP contribution >= 0.6 is 0 Å². The van der Waals surface area contributed by atoms with Gasteiger partial charge in [0.2, 0.25) is 0 Å². The van der Waals surface area contributed by atoms with Crippen LogP contribution in [0.25, 0.3) is 0 Å². The standard InChI is InChI=1S/C28H30N2O3/c1-33-26-14-12-23(13-15-26)21-30-18-16-22(17-19-30)20-29-27(31)28(32,24-8-4-2-5-9-24)25-10-6-3-7-11-25/h2-16,32H,17-21H2,1H3,(H,29,31). The first-order chi connectivity index (χ1) is 16.1.